The van der Waals surface area contributed by atoms with E-state index in [0.717, 1.165) is 24.8 Å². The van der Waals surface area contributed by atoms with Gasteiger partial charge in [0.1, 0.15) is 0 Å². The van der Waals surface area contributed by atoms with Crippen LogP contribution >= 0.6 is 0 Å². The Kier molecular flexibility index (Phi) is 12.7. The topological polar surface area (TPSA) is 62.2 Å². The molecule has 2 N–H and O–H groups in total. The zero-order valence-corrected chi connectivity index (χ0v) is 20.0. The summed E-state index contributed by atoms with van der Waals surface area (Å²) in [6, 6.07) is 8.59. The summed E-state index contributed by atoms with van der Waals surface area (Å²) in [6.45, 7) is 4.50. The van der Waals surface area contributed by atoms with Crippen molar-refractivity contribution < 1.29 is 19.7 Å². The van der Waals surface area contributed by atoms with Crippen LogP contribution < -0.4 is 0 Å². The van der Waals surface area contributed by atoms with E-state index in [2.05, 4.69) is 38.1 Å². The summed E-state index contributed by atoms with van der Waals surface area (Å²) in [5.41, 5.74) is 2.40. The van der Waals surface area contributed by atoms with Crippen LogP contribution in [-0.4, -0.2) is 22.5 Å². The second kappa shape index (κ2) is 15.0. The highest BCUT2D eigenvalue weighted by Crippen LogP contribution is 2.39. The van der Waals surface area contributed by atoms with Gasteiger partial charge >= 0.3 is 5.97 Å². The number of unbranched alkanes of at least 4 members (excludes halogenated alkanes) is 12. The quantitative estimate of drug-likeness (QED) is 0.138. The summed E-state index contributed by atoms with van der Waals surface area (Å²) in [5.74, 6) is -1.83. The van der Waals surface area contributed by atoms with Crippen molar-refractivity contribution in [2.24, 2.45) is 0 Å². The van der Waals surface area contributed by atoms with Crippen LogP contribution in [0.2, 0.25) is 0 Å². The van der Waals surface area contributed by atoms with Crippen LogP contribution in [0.15, 0.2) is 24.3 Å². The van der Waals surface area contributed by atoms with Crippen LogP contribution in [0.5, 0.6) is 0 Å². The lowest BCUT2D eigenvalue weighted by Gasteiger charge is -2.20. The Morgan fingerprint density at radius 3 is 1.81 bits per heavy atom. The second-order valence-corrected chi connectivity index (χ2v) is 9.23. The van der Waals surface area contributed by atoms with Crippen LogP contribution in [0.3, 0.4) is 0 Å². The maximum atomic E-state index is 10.1. The molecule has 2 rings (SSSR count). The first-order valence-corrected chi connectivity index (χ1v) is 12.9. The third-order valence-corrected chi connectivity index (χ3v) is 6.34. The van der Waals surface area contributed by atoms with Crippen molar-refractivity contribution in [1.82, 2.24) is 0 Å². The molecule has 1 aliphatic rings. The molecule has 3 atom stereocenters. The Hall–Kier alpha value is -0.940. The van der Waals surface area contributed by atoms with E-state index in [0.29, 0.717) is 0 Å². The van der Waals surface area contributed by atoms with Gasteiger partial charge in [0.2, 0.25) is 6.29 Å². The Balaban J connectivity index is 1.75. The largest absolute Gasteiger partial charge is 0.362 e. The predicted octanol–water partition coefficient (Wildman–Crippen LogP) is 7.17. The number of aliphatic hydroxyl groups excluding tert-OH is 1. The van der Waals surface area contributed by atoms with E-state index < -0.39 is 12.3 Å². The molecular weight excluding hydrogens is 388 g/mol. The zero-order valence-electron chi connectivity index (χ0n) is 20.0. The summed E-state index contributed by atoms with van der Waals surface area (Å²) in [5, 5.41) is 19.6. The fraction of sp³-hybridized carbons (Fsp3) is 0.778. The molecule has 1 aliphatic heterocycles. The van der Waals surface area contributed by atoms with Crippen LogP contribution in [0, 0.1) is 0 Å². The lowest BCUT2D eigenvalue weighted by Crippen LogP contribution is -2.22. The molecule has 3 unspecified atom stereocenters. The zero-order chi connectivity index (χ0) is 22.4. The lowest BCUT2D eigenvalue weighted by molar-refractivity contribution is -0.227. The lowest BCUT2D eigenvalue weighted by atomic mass is 9.98. The molecule has 0 aliphatic carbocycles. The third-order valence-electron chi connectivity index (χ3n) is 6.34. The molecular formula is C27H46O4. The average Bonchev–Trinajstić information content (AvgIpc) is 3.37. The van der Waals surface area contributed by atoms with Crippen molar-refractivity contribution in [2.75, 3.05) is 0 Å². The summed E-state index contributed by atoms with van der Waals surface area (Å²) in [6.07, 6.45) is 18.4. The van der Waals surface area contributed by atoms with Gasteiger partial charge in [-0.25, -0.2) is 0 Å². The highest BCUT2D eigenvalue weighted by atomic mass is 17.0. The van der Waals surface area contributed by atoms with E-state index in [4.69, 9.17) is 9.47 Å². The standard InChI is InChI=1S/C27H46O4/c1-3-5-7-9-11-13-15-17-23-19-21-24(22-20-23)25(30-27(29)26(28)31-27)18-16-14-12-10-8-6-4-2/h19-22,25-26,28-29H,3-18H2,1-2H3. The first-order valence-electron chi connectivity index (χ1n) is 12.9. The summed E-state index contributed by atoms with van der Waals surface area (Å²) >= 11 is 0. The fourth-order valence-electron chi connectivity index (χ4n) is 4.18. The van der Waals surface area contributed by atoms with Gasteiger partial charge in [-0.05, 0) is 30.4 Å². The van der Waals surface area contributed by atoms with Gasteiger partial charge < -0.3 is 14.9 Å². The van der Waals surface area contributed by atoms with E-state index in [1.54, 1.807) is 0 Å². The van der Waals surface area contributed by atoms with Crippen molar-refractivity contribution in [2.45, 2.75) is 135 Å². The number of rotatable bonds is 19. The molecule has 31 heavy (non-hydrogen) atoms. The van der Waals surface area contributed by atoms with Gasteiger partial charge in [0.25, 0.3) is 0 Å². The van der Waals surface area contributed by atoms with E-state index in [1.807, 2.05) is 0 Å². The predicted molar refractivity (Wildman–Crippen MR) is 127 cm³/mol. The monoisotopic (exact) mass is 434 g/mol. The molecule has 1 saturated heterocycles. The van der Waals surface area contributed by atoms with Crippen molar-refractivity contribution in [3.05, 3.63) is 35.4 Å². The summed E-state index contributed by atoms with van der Waals surface area (Å²) in [7, 11) is 0. The van der Waals surface area contributed by atoms with Crippen LogP contribution in [0.25, 0.3) is 0 Å². The maximum Gasteiger partial charge on any atom is 0.338 e. The minimum Gasteiger partial charge on any atom is -0.362 e. The van der Waals surface area contributed by atoms with E-state index in [9.17, 15) is 10.2 Å². The van der Waals surface area contributed by atoms with E-state index in [-0.39, 0.29) is 6.10 Å². The molecule has 0 amide bonds. The first-order chi connectivity index (χ1) is 15.1. The molecule has 4 heteroatoms. The molecule has 0 radical (unpaired) electrons. The second-order valence-electron chi connectivity index (χ2n) is 9.23. The average molecular weight is 435 g/mol. The Bertz CT molecular complexity index is 573. The SMILES string of the molecule is CCCCCCCCCc1ccc(C(CCCCCCCCC)OC2(O)OC2O)cc1. The molecule has 0 bridgehead atoms. The highest BCUT2D eigenvalue weighted by Gasteiger charge is 2.58. The van der Waals surface area contributed by atoms with Gasteiger partial charge in [-0.2, -0.15) is 0 Å². The maximum absolute atomic E-state index is 10.1. The fourth-order valence-corrected chi connectivity index (χ4v) is 4.18. The molecule has 0 saturated carbocycles. The molecule has 4 nitrogen and oxygen atoms in total. The Morgan fingerprint density at radius 1 is 0.806 bits per heavy atom. The molecule has 0 spiro atoms. The van der Waals surface area contributed by atoms with Crippen LogP contribution in [0.4, 0.5) is 0 Å². The number of aliphatic hydroxyl groups is 2. The molecule has 1 fully saturated rings. The van der Waals surface area contributed by atoms with Gasteiger partial charge in [0.05, 0.1) is 6.10 Å². The van der Waals surface area contributed by atoms with Crippen LogP contribution in [-0.2, 0) is 15.9 Å². The van der Waals surface area contributed by atoms with Gasteiger partial charge in [-0.15, -0.1) is 0 Å². The molecule has 1 heterocycles. The highest BCUT2D eigenvalue weighted by molar-refractivity contribution is 5.24. The molecule has 1 aromatic rings. The summed E-state index contributed by atoms with van der Waals surface area (Å²) in [4.78, 5) is 0. The smallest absolute Gasteiger partial charge is 0.338 e. The van der Waals surface area contributed by atoms with Gasteiger partial charge in [0.15, 0.2) is 0 Å². The number of hydrogen-bond acceptors (Lipinski definition) is 4. The first kappa shape index (κ1) is 26.3. The minimum absolute atomic E-state index is 0.259. The Morgan fingerprint density at radius 2 is 1.29 bits per heavy atom. The molecule has 0 aromatic heterocycles. The Labute approximate surface area is 190 Å². The van der Waals surface area contributed by atoms with Crippen LogP contribution in [0.1, 0.15) is 127 Å². The number of aryl methyl sites for hydroxylation is 1. The number of ether oxygens (including phenoxy) is 2. The van der Waals surface area contributed by atoms with Gasteiger partial charge in [0, 0.05) is 0 Å². The third kappa shape index (κ3) is 10.5. The van der Waals surface area contributed by atoms with Crippen molar-refractivity contribution >= 4 is 0 Å². The minimum atomic E-state index is -1.83. The number of benzene rings is 1. The van der Waals surface area contributed by atoms with Crippen molar-refractivity contribution in [3.8, 4) is 0 Å². The molecule has 1 aromatic carbocycles. The van der Waals surface area contributed by atoms with Gasteiger partial charge in [-0.3, -0.25) is 4.74 Å². The number of epoxide rings is 1. The van der Waals surface area contributed by atoms with E-state index >= 15 is 0 Å². The van der Waals surface area contributed by atoms with Crippen molar-refractivity contribution in [3.63, 3.8) is 0 Å². The van der Waals surface area contributed by atoms with E-state index in [1.165, 1.54) is 89.0 Å². The molecule has 178 valence electrons. The van der Waals surface area contributed by atoms with Crippen molar-refractivity contribution in [1.29, 1.82) is 0 Å². The van der Waals surface area contributed by atoms with Gasteiger partial charge in [-0.1, -0.05) is 122 Å². The summed E-state index contributed by atoms with van der Waals surface area (Å²) < 4.78 is 10.6. The normalized spacial score (nSPS) is 21.4. The number of hydrogen-bond donors (Lipinski definition) is 2.